The van der Waals surface area contributed by atoms with Crippen LogP contribution in [0.15, 0.2) is 30.5 Å². The number of benzene rings is 1. The van der Waals surface area contributed by atoms with Gasteiger partial charge in [0.25, 0.3) is 0 Å². The third kappa shape index (κ3) is 5.38. The summed E-state index contributed by atoms with van der Waals surface area (Å²) < 4.78 is 16.3. The van der Waals surface area contributed by atoms with Crippen molar-refractivity contribution in [2.75, 3.05) is 6.54 Å². The van der Waals surface area contributed by atoms with Crippen LogP contribution in [0.1, 0.15) is 5.56 Å². The van der Waals surface area contributed by atoms with E-state index >= 15 is 0 Å². The number of carbonyl (C=O) groups is 2. The molecule has 0 unspecified atom stereocenters. The summed E-state index contributed by atoms with van der Waals surface area (Å²) >= 11 is 0. The zero-order chi connectivity index (χ0) is 18.6. The van der Waals surface area contributed by atoms with Gasteiger partial charge in [-0.3, -0.25) is 4.79 Å². The number of rotatable bonds is 8. The molecule has 2 rings (SSSR count). The fraction of sp³-hybridized carbons (Fsp3) is 0.286. The lowest BCUT2D eigenvalue weighted by Crippen LogP contribution is -2.45. The average molecular weight is 371 g/mol. The summed E-state index contributed by atoms with van der Waals surface area (Å²) in [7, 11) is -2.93. The molecule has 2 aromatic rings. The van der Waals surface area contributed by atoms with E-state index in [4.69, 9.17) is 9.79 Å². The molecular weight excluding hydrogens is 353 g/mol. The molecule has 0 saturated carbocycles. The molecule has 0 saturated heterocycles. The molecule has 1 atom stereocenters. The Bertz CT molecular complexity index is 829. The van der Waals surface area contributed by atoms with Gasteiger partial charge < -0.3 is 24.8 Å². The van der Waals surface area contributed by atoms with Crippen LogP contribution in [-0.2, 0) is 32.2 Å². The molecule has 1 aromatic carbocycles. The van der Waals surface area contributed by atoms with E-state index in [0.717, 1.165) is 16.5 Å². The number of aliphatic carboxylic acids is 1. The van der Waals surface area contributed by atoms with Crippen molar-refractivity contribution in [1.82, 2.24) is 15.4 Å². The standard InChI is InChI=1S/C14H18N3O7P/c1-17-8-9(10-4-2-3-5-12(10)17)6-11(14(19)20)16-13(18)7-15-24-25(21,22)23/h2-5,8,11,15H,6-7H2,1H3,(H,16,18)(H,19,20)(H2,21,22,23)/t11-/m1/s1. The highest BCUT2D eigenvalue weighted by Crippen LogP contribution is 2.33. The minimum absolute atomic E-state index is 0.0573. The molecule has 1 heterocycles. The molecule has 0 aliphatic heterocycles. The van der Waals surface area contributed by atoms with Crippen LogP contribution < -0.4 is 10.8 Å². The molecule has 136 valence electrons. The predicted molar refractivity (Wildman–Crippen MR) is 87.3 cm³/mol. The largest absolute Gasteiger partial charge is 0.486 e. The average Bonchev–Trinajstić information content (AvgIpc) is 2.82. The van der Waals surface area contributed by atoms with Crippen molar-refractivity contribution in [3.05, 3.63) is 36.0 Å². The summed E-state index contributed by atoms with van der Waals surface area (Å²) in [6.45, 7) is -0.607. The minimum atomic E-state index is -4.76. The third-order valence-corrected chi connectivity index (χ3v) is 3.82. The topological polar surface area (TPSA) is 150 Å². The maximum Gasteiger partial charge on any atom is 0.486 e. The van der Waals surface area contributed by atoms with Crippen LogP contribution in [0.5, 0.6) is 0 Å². The first kappa shape index (κ1) is 19.1. The second kappa shape index (κ2) is 7.77. The van der Waals surface area contributed by atoms with Gasteiger partial charge in [0.15, 0.2) is 0 Å². The molecule has 0 fully saturated rings. The van der Waals surface area contributed by atoms with E-state index < -0.39 is 32.3 Å². The number of hydrogen-bond acceptors (Lipinski definition) is 5. The quantitative estimate of drug-likeness (QED) is 0.319. The van der Waals surface area contributed by atoms with Gasteiger partial charge in [0.1, 0.15) is 12.6 Å². The maximum absolute atomic E-state index is 11.7. The maximum atomic E-state index is 11.7. The van der Waals surface area contributed by atoms with Crippen LogP contribution in [0, 0.1) is 0 Å². The molecule has 11 heteroatoms. The Morgan fingerprint density at radius 1 is 1.32 bits per heavy atom. The number of carboxylic acids is 1. The van der Waals surface area contributed by atoms with E-state index in [2.05, 4.69) is 9.94 Å². The molecule has 10 nitrogen and oxygen atoms in total. The van der Waals surface area contributed by atoms with Crippen LogP contribution >= 0.6 is 7.82 Å². The molecular formula is C14H18N3O7P. The fourth-order valence-electron chi connectivity index (χ4n) is 2.44. The SMILES string of the molecule is Cn1cc(C[C@@H](NC(=O)CNOP(=O)(O)O)C(=O)O)c2ccccc21. The first-order chi connectivity index (χ1) is 11.7. The molecule has 1 amide bonds. The van der Waals surface area contributed by atoms with E-state index in [1.54, 1.807) is 11.7 Å². The van der Waals surface area contributed by atoms with E-state index in [0.29, 0.717) is 0 Å². The number of nitrogens with one attached hydrogen (secondary N) is 2. The normalized spacial score (nSPS) is 12.9. The number of hydrogen-bond donors (Lipinski definition) is 5. The number of aryl methyl sites for hydroxylation is 1. The Kier molecular flexibility index (Phi) is 5.93. The van der Waals surface area contributed by atoms with Crippen LogP contribution in [0.3, 0.4) is 0 Å². The first-order valence-electron chi connectivity index (χ1n) is 7.19. The number of carbonyl (C=O) groups excluding carboxylic acids is 1. The number of carboxylic acid groups (broad SMARTS) is 1. The minimum Gasteiger partial charge on any atom is -0.480 e. The zero-order valence-corrected chi connectivity index (χ0v) is 14.1. The lowest BCUT2D eigenvalue weighted by Gasteiger charge is -2.14. The Labute approximate surface area is 142 Å². The summed E-state index contributed by atoms with van der Waals surface area (Å²) in [5, 5.41) is 12.5. The summed E-state index contributed by atoms with van der Waals surface area (Å²) in [5.74, 6) is -2.00. The van der Waals surface area contributed by atoms with Crippen LogP contribution in [0.2, 0.25) is 0 Å². The Morgan fingerprint density at radius 3 is 2.64 bits per heavy atom. The van der Waals surface area contributed by atoms with Crippen molar-refractivity contribution in [2.45, 2.75) is 12.5 Å². The number of aromatic nitrogens is 1. The Balaban J connectivity index is 2.04. The number of fused-ring (bicyclic) bond motifs is 1. The molecule has 0 aliphatic carbocycles. The van der Waals surface area contributed by atoms with E-state index in [1.807, 2.05) is 35.9 Å². The molecule has 0 radical (unpaired) electrons. The molecule has 0 bridgehead atoms. The Hall–Kier alpha value is -2.23. The summed E-state index contributed by atoms with van der Waals surface area (Å²) in [4.78, 5) is 40.1. The van der Waals surface area contributed by atoms with Gasteiger partial charge in [-0.1, -0.05) is 18.2 Å². The van der Waals surface area contributed by atoms with Gasteiger partial charge in [-0.25, -0.2) is 9.36 Å². The fourth-order valence-corrected chi connectivity index (χ4v) is 2.67. The van der Waals surface area contributed by atoms with Crippen molar-refractivity contribution in [3.63, 3.8) is 0 Å². The monoisotopic (exact) mass is 371 g/mol. The first-order valence-corrected chi connectivity index (χ1v) is 8.72. The number of hydroxylamine groups is 1. The highest BCUT2D eigenvalue weighted by atomic mass is 31.2. The highest BCUT2D eigenvalue weighted by Gasteiger charge is 2.23. The van der Waals surface area contributed by atoms with Crippen LogP contribution in [0.25, 0.3) is 10.9 Å². The second-order valence-corrected chi connectivity index (χ2v) is 6.51. The molecule has 1 aromatic heterocycles. The lowest BCUT2D eigenvalue weighted by molar-refractivity contribution is -0.141. The van der Waals surface area contributed by atoms with Crippen LogP contribution in [-0.4, -0.2) is 43.9 Å². The van der Waals surface area contributed by atoms with Gasteiger partial charge in [0, 0.05) is 30.6 Å². The van der Waals surface area contributed by atoms with Crippen molar-refractivity contribution in [1.29, 1.82) is 0 Å². The number of phosphoric acid groups is 1. The van der Waals surface area contributed by atoms with Crippen molar-refractivity contribution in [3.8, 4) is 0 Å². The van der Waals surface area contributed by atoms with Crippen LogP contribution in [0.4, 0.5) is 0 Å². The summed E-state index contributed by atoms with van der Waals surface area (Å²) in [6, 6.07) is 6.27. The van der Waals surface area contributed by atoms with Gasteiger partial charge in [-0.05, 0) is 11.6 Å². The number of nitrogens with zero attached hydrogens (tertiary/aromatic N) is 1. The van der Waals surface area contributed by atoms with Crippen molar-refractivity contribution in [2.24, 2.45) is 7.05 Å². The zero-order valence-electron chi connectivity index (χ0n) is 13.2. The predicted octanol–water partition coefficient (Wildman–Crippen LogP) is -0.0959. The summed E-state index contributed by atoms with van der Waals surface area (Å²) in [5.41, 5.74) is 3.48. The number of amides is 1. The van der Waals surface area contributed by atoms with Gasteiger partial charge in [0.05, 0.1) is 0 Å². The van der Waals surface area contributed by atoms with Gasteiger partial charge in [-0.15, -0.1) is 0 Å². The number of para-hydroxylation sites is 1. The van der Waals surface area contributed by atoms with Gasteiger partial charge in [-0.2, -0.15) is 10.1 Å². The lowest BCUT2D eigenvalue weighted by atomic mass is 10.1. The van der Waals surface area contributed by atoms with Crippen molar-refractivity contribution < 1.29 is 33.7 Å². The van der Waals surface area contributed by atoms with E-state index in [1.165, 1.54) is 0 Å². The third-order valence-electron chi connectivity index (χ3n) is 3.45. The second-order valence-electron chi connectivity index (χ2n) is 5.35. The molecule has 0 spiro atoms. The van der Waals surface area contributed by atoms with E-state index in [9.17, 15) is 19.3 Å². The molecule has 5 N–H and O–H groups in total. The Morgan fingerprint density at radius 2 is 2.00 bits per heavy atom. The van der Waals surface area contributed by atoms with Gasteiger partial charge in [0.2, 0.25) is 5.91 Å². The molecule has 0 aliphatic rings. The highest BCUT2D eigenvalue weighted by molar-refractivity contribution is 7.46. The van der Waals surface area contributed by atoms with Crippen molar-refractivity contribution >= 4 is 30.6 Å². The van der Waals surface area contributed by atoms with E-state index in [-0.39, 0.29) is 6.42 Å². The smallest absolute Gasteiger partial charge is 0.480 e. The summed E-state index contributed by atoms with van der Waals surface area (Å²) in [6.07, 6.45) is 1.85. The molecule has 25 heavy (non-hydrogen) atoms. The van der Waals surface area contributed by atoms with Gasteiger partial charge >= 0.3 is 13.8 Å².